The monoisotopic (exact) mass is 511 g/mol. The number of fused-ring (bicyclic) bond motifs is 3. The van der Waals surface area contributed by atoms with Crippen molar-refractivity contribution in [2.45, 2.75) is 45.0 Å². The van der Waals surface area contributed by atoms with Gasteiger partial charge < -0.3 is 15.0 Å². The van der Waals surface area contributed by atoms with Gasteiger partial charge in [0, 0.05) is 30.4 Å². The zero-order chi connectivity index (χ0) is 26.2. The first kappa shape index (κ1) is 24.6. The lowest BCUT2D eigenvalue weighted by Crippen LogP contribution is -2.37. The summed E-state index contributed by atoms with van der Waals surface area (Å²) < 4.78 is 6.02. The Morgan fingerprint density at radius 2 is 1.95 bits per heavy atom. The van der Waals surface area contributed by atoms with Gasteiger partial charge in [-0.15, -0.1) is 0 Å². The van der Waals surface area contributed by atoms with Crippen LogP contribution in [0, 0.1) is 5.92 Å². The number of aromatic nitrogens is 1. The molecule has 196 valence electrons. The Kier molecular flexibility index (Phi) is 6.59. The third-order valence-corrected chi connectivity index (χ3v) is 7.89. The van der Waals surface area contributed by atoms with Gasteiger partial charge in [-0.2, -0.15) is 0 Å². The van der Waals surface area contributed by atoms with E-state index in [1.165, 1.54) is 11.1 Å². The van der Waals surface area contributed by atoms with E-state index in [-0.39, 0.29) is 17.9 Å². The van der Waals surface area contributed by atoms with Crippen molar-refractivity contribution in [3.05, 3.63) is 89.1 Å². The maximum Gasteiger partial charge on any atom is 0.324 e. The number of nitrogens with zero attached hydrogens (tertiary/aromatic N) is 3. The average Bonchev–Trinajstić information content (AvgIpc) is 3.62. The lowest BCUT2D eigenvalue weighted by Gasteiger charge is -2.24. The summed E-state index contributed by atoms with van der Waals surface area (Å²) >= 11 is 0. The highest BCUT2D eigenvalue weighted by Crippen LogP contribution is 2.45. The van der Waals surface area contributed by atoms with Gasteiger partial charge in [-0.05, 0) is 60.2 Å². The van der Waals surface area contributed by atoms with E-state index in [1.54, 1.807) is 18.3 Å². The molecule has 8 heteroatoms. The van der Waals surface area contributed by atoms with Gasteiger partial charge >= 0.3 is 6.03 Å². The fourth-order valence-corrected chi connectivity index (χ4v) is 5.91. The van der Waals surface area contributed by atoms with Crippen LogP contribution in [-0.4, -0.2) is 52.5 Å². The number of hydrogen-bond acceptors (Lipinski definition) is 5. The highest BCUT2D eigenvalue weighted by atomic mass is 16.5. The van der Waals surface area contributed by atoms with Gasteiger partial charge in [-0.1, -0.05) is 50.2 Å². The van der Waals surface area contributed by atoms with E-state index in [4.69, 9.17) is 4.74 Å². The standard InChI is InChI=1S/C30H33N5O3/c1-19(2)25-18-38-29-27-23(28(36)35(25)29)9-6-10-24(27)32-30(37)33-26-15-21(11-13-31-26)22-12-14-34(17-22)16-20-7-4-3-5-8-20/h3-11,13,15,19,22,25,29H,12,14,16-18H2,1-2H3,(H2,31,32,33,37)/t22?,25-,29?/m1/s1. The average molecular weight is 512 g/mol. The number of carbonyl (C=O) groups excluding carboxylic acids is 2. The van der Waals surface area contributed by atoms with Crippen molar-refractivity contribution in [1.29, 1.82) is 0 Å². The third kappa shape index (κ3) is 4.66. The molecule has 3 aliphatic rings. The number of urea groups is 1. The Labute approximate surface area is 223 Å². The predicted octanol–water partition coefficient (Wildman–Crippen LogP) is 5.22. The molecule has 3 aliphatic heterocycles. The highest BCUT2D eigenvalue weighted by molar-refractivity contribution is 6.05. The van der Waals surface area contributed by atoms with Gasteiger partial charge in [0.25, 0.3) is 5.91 Å². The first-order valence-corrected chi connectivity index (χ1v) is 13.4. The quantitative estimate of drug-likeness (QED) is 0.474. The number of carbonyl (C=O) groups is 2. The summed E-state index contributed by atoms with van der Waals surface area (Å²) in [4.78, 5) is 34.8. The Hall–Kier alpha value is -3.75. The molecule has 2 aromatic carbocycles. The molecule has 2 saturated heterocycles. The Bertz CT molecular complexity index is 1340. The number of pyridine rings is 1. The molecule has 0 spiro atoms. The number of hydrogen-bond donors (Lipinski definition) is 2. The van der Waals surface area contributed by atoms with Gasteiger partial charge in [0.2, 0.25) is 0 Å². The molecule has 8 nitrogen and oxygen atoms in total. The molecule has 0 saturated carbocycles. The lowest BCUT2D eigenvalue weighted by atomic mass is 9.99. The third-order valence-electron chi connectivity index (χ3n) is 7.89. The summed E-state index contributed by atoms with van der Waals surface area (Å²) in [5.41, 5.74) is 4.38. The van der Waals surface area contributed by atoms with Crippen LogP contribution in [0.3, 0.4) is 0 Å². The number of anilines is 2. The normalized spacial score (nSPS) is 22.6. The Balaban J connectivity index is 1.12. The minimum atomic E-state index is -0.468. The van der Waals surface area contributed by atoms with Gasteiger partial charge in [0.05, 0.1) is 18.3 Å². The summed E-state index contributed by atoms with van der Waals surface area (Å²) in [5.74, 6) is 1.14. The largest absolute Gasteiger partial charge is 0.352 e. The van der Waals surface area contributed by atoms with Crippen molar-refractivity contribution in [1.82, 2.24) is 14.8 Å². The molecule has 3 aromatic rings. The zero-order valence-corrected chi connectivity index (χ0v) is 21.8. The molecule has 38 heavy (non-hydrogen) atoms. The van der Waals surface area contributed by atoms with E-state index in [1.807, 2.05) is 29.2 Å². The number of amides is 3. The molecule has 4 heterocycles. The smallest absolute Gasteiger partial charge is 0.324 e. The van der Waals surface area contributed by atoms with E-state index in [0.717, 1.165) is 31.6 Å². The molecule has 2 unspecified atom stereocenters. The lowest BCUT2D eigenvalue weighted by molar-refractivity contribution is 0.0342. The maximum absolute atomic E-state index is 13.1. The summed E-state index contributed by atoms with van der Waals surface area (Å²) in [5, 5.41) is 5.81. The predicted molar refractivity (Wildman–Crippen MR) is 146 cm³/mol. The molecule has 0 aliphatic carbocycles. The van der Waals surface area contributed by atoms with Crippen molar-refractivity contribution in [2.24, 2.45) is 5.92 Å². The van der Waals surface area contributed by atoms with Crippen molar-refractivity contribution in [3.8, 4) is 0 Å². The van der Waals surface area contributed by atoms with Gasteiger partial charge in [-0.25, -0.2) is 9.78 Å². The maximum atomic E-state index is 13.1. The summed E-state index contributed by atoms with van der Waals surface area (Å²) in [6, 6.07) is 19.5. The van der Waals surface area contributed by atoms with Crippen LogP contribution >= 0.6 is 0 Å². The molecule has 3 amide bonds. The van der Waals surface area contributed by atoms with Crippen LogP contribution in [0.25, 0.3) is 0 Å². The Morgan fingerprint density at radius 1 is 1.11 bits per heavy atom. The minimum absolute atomic E-state index is 0.0210. The van der Waals surface area contributed by atoms with Crippen LogP contribution in [0.1, 0.15) is 59.5 Å². The first-order valence-electron chi connectivity index (χ1n) is 13.4. The number of likely N-dealkylation sites (tertiary alicyclic amines) is 1. The van der Waals surface area contributed by atoms with Crippen LogP contribution in [0.4, 0.5) is 16.3 Å². The molecule has 6 rings (SSSR count). The number of rotatable bonds is 6. The van der Waals surface area contributed by atoms with E-state index >= 15 is 0 Å². The molecule has 1 aromatic heterocycles. The fraction of sp³-hybridized carbons (Fsp3) is 0.367. The van der Waals surface area contributed by atoms with E-state index in [2.05, 4.69) is 58.6 Å². The fourth-order valence-electron chi connectivity index (χ4n) is 5.91. The first-order chi connectivity index (χ1) is 18.5. The number of nitrogens with one attached hydrogen (secondary N) is 2. The van der Waals surface area contributed by atoms with E-state index < -0.39 is 12.3 Å². The second-order valence-electron chi connectivity index (χ2n) is 10.7. The van der Waals surface area contributed by atoms with Gasteiger partial charge in [-0.3, -0.25) is 15.0 Å². The van der Waals surface area contributed by atoms with Crippen LogP contribution in [0.2, 0.25) is 0 Å². The highest BCUT2D eigenvalue weighted by Gasteiger charge is 2.48. The molecular weight excluding hydrogens is 478 g/mol. The van der Waals surface area contributed by atoms with Crippen LogP contribution in [0.5, 0.6) is 0 Å². The summed E-state index contributed by atoms with van der Waals surface area (Å²) in [6.45, 7) is 7.64. The van der Waals surface area contributed by atoms with E-state index in [9.17, 15) is 9.59 Å². The molecule has 2 N–H and O–H groups in total. The van der Waals surface area contributed by atoms with Crippen molar-refractivity contribution in [3.63, 3.8) is 0 Å². The second kappa shape index (κ2) is 10.2. The van der Waals surface area contributed by atoms with Gasteiger partial charge in [0.1, 0.15) is 5.82 Å². The summed E-state index contributed by atoms with van der Waals surface area (Å²) in [6.07, 6.45) is 2.35. The molecule has 0 radical (unpaired) electrons. The molecule has 3 atom stereocenters. The van der Waals surface area contributed by atoms with Crippen LogP contribution in [0.15, 0.2) is 66.9 Å². The van der Waals surface area contributed by atoms with Crippen LogP contribution in [-0.2, 0) is 11.3 Å². The topological polar surface area (TPSA) is 86.8 Å². The van der Waals surface area contributed by atoms with Crippen molar-refractivity contribution >= 4 is 23.4 Å². The van der Waals surface area contributed by atoms with Crippen molar-refractivity contribution < 1.29 is 14.3 Å². The van der Waals surface area contributed by atoms with Crippen LogP contribution < -0.4 is 10.6 Å². The van der Waals surface area contributed by atoms with E-state index in [0.29, 0.717) is 29.6 Å². The zero-order valence-electron chi connectivity index (χ0n) is 21.8. The number of ether oxygens (including phenoxy) is 1. The molecule has 2 fully saturated rings. The molecular formula is C30H33N5O3. The van der Waals surface area contributed by atoms with Gasteiger partial charge in [0.15, 0.2) is 6.23 Å². The minimum Gasteiger partial charge on any atom is -0.352 e. The SMILES string of the molecule is CC(C)[C@H]1COC2c3c(NC(=O)Nc4cc(C5CCN(Cc6ccccc6)C5)ccn4)cccc3C(=O)N21. The summed E-state index contributed by atoms with van der Waals surface area (Å²) in [7, 11) is 0. The Morgan fingerprint density at radius 3 is 2.76 bits per heavy atom. The number of benzene rings is 2. The molecule has 0 bridgehead atoms. The second-order valence-corrected chi connectivity index (χ2v) is 10.7. The van der Waals surface area contributed by atoms with Crippen molar-refractivity contribution in [2.75, 3.05) is 30.3 Å².